The maximum absolute atomic E-state index is 14.1. The standard InChI is InChI=1S/C15H16FNO4/c1-17-14(10-5-4-9(19-2)8-11(10)16)12-6-7-13(21-12)15(18)20-3/h4-8,14,17H,1-3H3. The van der Waals surface area contributed by atoms with E-state index in [4.69, 9.17) is 9.15 Å². The first-order chi connectivity index (χ1) is 10.1. The summed E-state index contributed by atoms with van der Waals surface area (Å²) in [6, 6.07) is 7.14. The molecule has 0 saturated heterocycles. The number of ether oxygens (including phenoxy) is 2. The highest BCUT2D eigenvalue weighted by Crippen LogP contribution is 2.28. The minimum absolute atomic E-state index is 0.0710. The number of methoxy groups -OCH3 is 2. The molecule has 0 amide bonds. The van der Waals surface area contributed by atoms with Crippen molar-refractivity contribution in [2.75, 3.05) is 21.3 Å². The highest BCUT2D eigenvalue weighted by atomic mass is 19.1. The van der Waals surface area contributed by atoms with Gasteiger partial charge in [-0.2, -0.15) is 0 Å². The number of halogens is 1. The number of carbonyl (C=O) groups excluding carboxylic acids is 1. The summed E-state index contributed by atoms with van der Waals surface area (Å²) in [6.45, 7) is 0. The van der Waals surface area contributed by atoms with E-state index in [1.165, 1.54) is 26.4 Å². The zero-order valence-electron chi connectivity index (χ0n) is 12.0. The van der Waals surface area contributed by atoms with Gasteiger partial charge in [-0.25, -0.2) is 9.18 Å². The maximum atomic E-state index is 14.1. The molecule has 0 saturated carbocycles. The molecule has 1 N–H and O–H groups in total. The van der Waals surface area contributed by atoms with Crippen LogP contribution in [0, 0.1) is 5.82 Å². The van der Waals surface area contributed by atoms with Gasteiger partial charge in [-0.3, -0.25) is 0 Å². The molecule has 0 fully saturated rings. The van der Waals surface area contributed by atoms with E-state index in [0.29, 0.717) is 17.1 Å². The molecule has 0 spiro atoms. The molecule has 5 nitrogen and oxygen atoms in total. The normalized spacial score (nSPS) is 12.0. The molecule has 1 atom stereocenters. The van der Waals surface area contributed by atoms with E-state index < -0.39 is 17.8 Å². The Labute approximate surface area is 121 Å². The minimum Gasteiger partial charge on any atom is -0.497 e. The average molecular weight is 293 g/mol. The fourth-order valence-electron chi connectivity index (χ4n) is 2.04. The molecule has 0 bridgehead atoms. The molecule has 2 rings (SSSR count). The Morgan fingerprint density at radius 3 is 2.62 bits per heavy atom. The third-order valence-electron chi connectivity index (χ3n) is 3.11. The summed E-state index contributed by atoms with van der Waals surface area (Å²) in [7, 11) is 4.41. The lowest BCUT2D eigenvalue weighted by Crippen LogP contribution is -2.18. The molecule has 0 aliphatic rings. The Morgan fingerprint density at radius 2 is 2.05 bits per heavy atom. The zero-order valence-corrected chi connectivity index (χ0v) is 12.0. The average Bonchev–Trinajstić information content (AvgIpc) is 2.98. The van der Waals surface area contributed by atoms with Gasteiger partial charge in [-0.05, 0) is 25.2 Å². The van der Waals surface area contributed by atoms with Crippen molar-refractivity contribution < 1.29 is 23.1 Å². The predicted molar refractivity (Wildman–Crippen MR) is 73.9 cm³/mol. The van der Waals surface area contributed by atoms with Crippen LogP contribution in [0.2, 0.25) is 0 Å². The summed E-state index contributed by atoms with van der Waals surface area (Å²) in [5.74, 6) is -0.0829. The van der Waals surface area contributed by atoms with E-state index in [1.54, 1.807) is 25.2 Å². The van der Waals surface area contributed by atoms with E-state index >= 15 is 0 Å². The summed E-state index contributed by atoms with van der Waals surface area (Å²) in [4.78, 5) is 11.4. The zero-order chi connectivity index (χ0) is 15.4. The van der Waals surface area contributed by atoms with Crippen molar-refractivity contribution in [2.45, 2.75) is 6.04 Å². The number of nitrogens with one attached hydrogen (secondary N) is 1. The summed E-state index contributed by atoms with van der Waals surface area (Å²) in [5, 5.41) is 2.96. The van der Waals surface area contributed by atoms with Crippen LogP contribution in [0.4, 0.5) is 4.39 Å². The lowest BCUT2D eigenvalue weighted by Gasteiger charge is -2.15. The van der Waals surface area contributed by atoms with Crippen LogP contribution in [-0.2, 0) is 4.74 Å². The van der Waals surface area contributed by atoms with Gasteiger partial charge < -0.3 is 19.2 Å². The molecule has 0 radical (unpaired) electrons. The Balaban J connectivity index is 2.35. The van der Waals surface area contributed by atoms with Crippen LogP contribution in [0.25, 0.3) is 0 Å². The summed E-state index contributed by atoms with van der Waals surface area (Å²) >= 11 is 0. The van der Waals surface area contributed by atoms with Crippen LogP contribution < -0.4 is 10.1 Å². The number of hydrogen-bond acceptors (Lipinski definition) is 5. The first-order valence-electron chi connectivity index (χ1n) is 6.29. The van der Waals surface area contributed by atoms with Crippen molar-refractivity contribution in [3.05, 3.63) is 53.2 Å². The number of benzene rings is 1. The molecule has 112 valence electrons. The van der Waals surface area contributed by atoms with Crippen molar-refractivity contribution in [2.24, 2.45) is 0 Å². The second-order valence-electron chi connectivity index (χ2n) is 4.30. The third kappa shape index (κ3) is 3.05. The fourth-order valence-corrected chi connectivity index (χ4v) is 2.04. The maximum Gasteiger partial charge on any atom is 0.373 e. The smallest absolute Gasteiger partial charge is 0.373 e. The van der Waals surface area contributed by atoms with Crippen molar-refractivity contribution >= 4 is 5.97 Å². The van der Waals surface area contributed by atoms with Gasteiger partial charge in [0.15, 0.2) is 0 Å². The molecule has 0 aliphatic heterocycles. The van der Waals surface area contributed by atoms with E-state index in [2.05, 4.69) is 10.1 Å². The molecule has 1 unspecified atom stereocenters. The van der Waals surface area contributed by atoms with Crippen LogP contribution >= 0.6 is 0 Å². The van der Waals surface area contributed by atoms with Gasteiger partial charge in [-0.15, -0.1) is 0 Å². The quantitative estimate of drug-likeness (QED) is 0.858. The molecular weight excluding hydrogens is 277 g/mol. The van der Waals surface area contributed by atoms with E-state index in [9.17, 15) is 9.18 Å². The molecule has 21 heavy (non-hydrogen) atoms. The highest BCUT2D eigenvalue weighted by Gasteiger charge is 2.22. The Hall–Kier alpha value is -2.34. The van der Waals surface area contributed by atoms with Crippen LogP contribution in [0.1, 0.15) is 27.9 Å². The second kappa shape index (κ2) is 6.41. The number of esters is 1. The summed E-state index contributed by atoms with van der Waals surface area (Å²) in [6.07, 6.45) is 0. The first-order valence-corrected chi connectivity index (χ1v) is 6.29. The van der Waals surface area contributed by atoms with Crippen molar-refractivity contribution in [3.8, 4) is 5.75 Å². The molecule has 6 heteroatoms. The molecule has 1 heterocycles. The molecule has 1 aromatic heterocycles. The van der Waals surface area contributed by atoms with Crippen LogP contribution in [0.15, 0.2) is 34.7 Å². The van der Waals surface area contributed by atoms with E-state index in [-0.39, 0.29) is 5.76 Å². The lowest BCUT2D eigenvalue weighted by molar-refractivity contribution is 0.0562. The van der Waals surface area contributed by atoms with Gasteiger partial charge in [0.2, 0.25) is 5.76 Å². The summed E-state index contributed by atoms with van der Waals surface area (Å²) in [5.41, 5.74) is 0.393. The second-order valence-corrected chi connectivity index (χ2v) is 4.30. The van der Waals surface area contributed by atoms with Gasteiger partial charge in [0.1, 0.15) is 17.3 Å². The van der Waals surface area contributed by atoms with Gasteiger partial charge in [0, 0.05) is 11.6 Å². The van der Waals surface area contributed by atoms with Crippen molar-refractivity contribution in [1.29, 1.82) is 0 Å². The van der Waals surface area contributed by atoms with Crippen LogP contribution in [-0.4, -0.2) is 27.2 Å². The molecule has 1 aromatic carbocycles. The minimum atomic E-state index is -0.577. The number of furan rings is 1. The van der Waals surface area contributed by atoms with Crippen molar-refractivity contribution in [3.63, 3.8) is 0 Å². The van der Waals surface area contributed by atoms with Gasteiger partial charge in [0.05, 0.1) is 20.3 Å². The fraction of sp³-hybridized carbons (Fsp3) is 0.267. The molecular formula is C15H16FNO4. The monoisotopic (exact) mass is 293 g/mol. The Bertz CT molecular complexity index is 638. The number of carbonyl (C=O) groups is 1. The van der Waals surface area contributed by atoms with Gasteiger partial charge in [0.25, 0.3) is 0 Å². The third-order valence-corrected chi connectivity index (χ3v) is 3.11. The lowest BCUT2D eigenvalue weighted by atomic mass is 10.0. The highest BCUT2D eigenvalue weighted by molar-refractivity contribution is 5.86. The van der Waals surface area contributed by atoms with E-state index in [1.807, 2.05) is 0 Å². The SMILES string of the molecule is CNC(c1ccc(C(=O)OC)o1)c1ccc(OC)cc1F. The number of rotatable bonds is 5. The Morgan fingerprint density at radius 1 is 1.29 bits per heavy atom. The topological polar surface area (TPSA) is 60.7 Å². The summed E-state index contributed by atoms with van der Waals surface area (Å²) < 4.78 is 29.1. The first kappa shape index (κ1) is 15.1. The van der Waals surface area contributed by atoms with Gasteiger partial charge >= 0.3 is 5.97 Å². The largest absolute Gasteiger partial charge is 0.497 e. The van der Waals surface area contributed by atoms with E-state index in [0.717, 1.165) is 0 Å². The van der Waals surface area contributed by atoms with Crippen molar-refractivity contribution in [1.82, 2.24) is 5.32 Å². The van der Waals surface area contributed by atoms with Crippen LogP contribution in [0.5, 0.6) is 5.75 Å². The number of hydrogen-bond donors (Lipinski definition) is 1. The predicted octanol–water partition coefficient (Wildman–Crippen LogP) is 2.52. The molecule has 0 aliphatic carbocycles. The van der Waals surface area contributed by atoms with Crippen LogP contribution in [0.3, 0.4) is 0 Å². The molecule has 2 aromatic rings. The van der Waals surface area contributed by atoms with Gasteiger partial charge in [-0.1, -0.05) is 6.07 Å². The Kier molecular flexibility index (Phi) is 4.59.